The molecule has 0 bridgehead atoms. The molecule has 29 heavy (non-hydrogen) atoms. The Hall–Kier alpha value is -2.79. The number of hydrogen-bond donors (Lipinski definition) is 0. The van der Waals surface area contributed by atoms with Crippen LogP contribution in [0.25, 0.3) is 11.2 Å². The van der Waals surface area contributed by atoms with E-state index in [4.69, 9.17) is 30.5 Å². The van der Waals surface area contributed by atoms with Crippen molar-refractivity contribution in [3.05, 3.63) is 17.8 Å². The van der Waals surface area contributed by atoms with E-state index in [1.54, 1.807) is 4.57 Å². The minimum Gasteiger partial charge on any atom is -0.463 e. The molecule has 0 radical (unpaired) electrons. The van der Waals surface area contributed by atoms with Crippen molar-refractivity contribution < 1.29 is 33.3 Å². The molecule has 0 spiro atoms. The molecule has 11 nitrogen and oxygen atoms in total. The fourth-order valence-electron chi connectivity index (χ4n) is 3.13. The van der Waals surface area contributed by atoms with Gasteiger partial charge in [-0.3, -0.25) is 19.0 Å². The van der Waals surface area contributed by atoms with Crippen molar-refractivity contribution in [1.82, 2.24) is 19.5 Å². The van der Waals surface area contributed by atoms with E-state index in [-0.39, 0.29) is 18.2 Å². The van der Waals surface area contributed by atoms with E-state index in [2.05, 4.69) is 15.0 Å². The SMILES string of the molecule is CC(=O)OC[C@@H]1O[C@@H](n2cnc3c(Cl)ncnc32)C[C@@H](OC(C)=O)[C@H]1OC(C)=O. The molecule has 156 valence electrons. The Morgan fingerprint density at radius 1 is 1.14 bits per heavy atom. The first kappa shape index (κ1) is 20.9. The lowest BCUT2D eigenvalue weighted by atomic mass is 10.00. The van der Waals surface area contributed by atoms with Gasteiger partial charge in [-0.1, -0.05) is 11.6 Å². The highest BCUT2D eigenvalue weighted by Gasteiger charge is 2.44. The van der Waals surface area contributed by atoms with Crippen molar-refractivity contribution in [3.63, 3.8) is 0 Å². The van der Waals surface area contributed by atoms with Gasteiger partial charge < -0.3 is 18.9 Å². The van der Waals surface area contributed by atoms with Crippen LogP contribution in [0.4, 0.5) is 0 Å². The van der Waals surface area contributed by atoms with Crippen molar-refractivity contribution in [2.75, 3.05) is 6.61 Å². The summed E-state index contributed by atoms with van der Waals surface area (Å²) in [4.78, 5) is 46.7. The zero-order valence-electron chi connectivity index (χ0n) is 15.9. The lowest BCUT2D eigenvalue weighted by Gasteiger charge is -2.40. The maximum atomic E-state index is 11.6. The topological polar surface area (TPSA) is 132 Å². The third-order valence-electron chi connectivity index (χ3n) is 4.19. The number of rotatable bonds is 5. The average molecular weight is 427 g/mol. The van der Waals surface area contributed by atoms with Gasteiger partial charge in [-0.05, 0) is 0 Å². The highest BCUT2D eigenvalue weighted by Crippen LogP contribution is 2.34. The van der Waals surface area contributed by atoms with Gasteiger partial charge in [0.05, 0.1) is 6.33 Å². The van der Waals surface area contributed by atoms with Crippen LogP contribution in [-0.2, 0) is 33.3 Å². The summed E-state index contributed by atoms with van der Waals surface area (Å²) in [6.07, 6.45) is -0.502. The predicted octanol–water partition coefficient (Wildman–Crippen LogP) is 1.19. The van der Waals surface area contributed by atoms with E-state index < -0.39 is 42.4 Å². The summed E-state index contributed by atoms with van der Waals surface area (Å²) in [7, 11) is 0. The minimum absolute atomic E-state index is 0.140. The summed E-state index contributed by atoms with van der Waals surface area (Å²) in [5, 5.41) is 0.176. The lowest BCUT2D eigenvalue weighted by Crippen LogP contribution is -2.52. The number of nitrogens with zero attached hydrogens (tertiary/aromatic N) is 4. The molecule has 1 fully saturated rings. The van der Waals surface area contributed by atoms with E-state index in [0.29, 0.717) is 11.2 Å². The van der Waals surface area contributed by atoms with Crippen LogP contribution in [0.15, 0.2) is 12.7 Å². The van der Waals surface area contributed by atoms with Gasteiger partial charge in [-0.25, -0.2) is 15.0 Å². The summed E-state index contributed by atoms with van der Waals surface area (Å²) >= 11 is 6.05. The number of carbonyl (C=O) groups excluding carboxylic acids is 3. The highest BCUT2D eigenvalue weighted by molar-refractivity contribution is 6.33. The Bertz CT molecular complexity index is 934. The molecule has 0 aromatic carbocycles. The molecule has 0 unspecified atom stereocenters. The Labute approximate surface area is 170 Å². The Morgan fingerprint density at radius 3 is 2.52 bits per heavy atom. The third-order valence-corrected chi connectivity index (χ3v) is 4.47. The van der Waals surface area contributed by atoms with E-state index in [1.807, 2.05) is 0 Å². The second kappa shape index (κ2) is 8.70. The molecule has 0 saturated carbocycles. The Kier molecular flexibility index (Phi) is 6.28. The lowest BCUT2D eigenvalue weighted by molar-refractivity contribution is -0.226. The molecule has 1 aliphatic heterocycles. The monoisotopic (exact) mass is 426 g/mol. The molecule has 2 aromatic rings. The number of hydrogen-bond acceptors (Lipinski definition) is 10. The van der Waals surface area contributed by atoms with Crippen LogP contribution in [0.1, 0.15) is 33.4 Å². The van der Waals surface area contributed by atoms with Crippen LogP contribution in [0.2, 0.25) is 5.15 Å². The molecule has 4 atom stereocenters. The maximum Gasteiger partial charge on any atom is 0.303 e. The van der Waals surface area contributed by atoms with Crippen molar-refractivity contribution in [2.24, 2.45) is 0 Å². The second-order valence-electron chi connectivity index (χ2n) is 6.38. The average Bonchev–Trinajstić information content (AvgIpc) is 3.06. The number of halogens is 1. The van der Waals surface area contributed by atoms with Gasteiger partial charge in [-0.2, -0.15) is 0 Å². The van der Waals surface area contributed by atoms with Gasteiger partial charge in [0.25, 0.3) is 0 Å². The van der Waals surface area contributed by atoms with Crippen LogP contribution in [-0.4, -0.2) is 62.3 Å². The maximum absolute atomic E-state index is 11.6. The van der Waals surface area contributed by atoms with Gasteiger partial charge >= 0.3 is 17.9 Å². The normalized spacial score (nSPS) is 24.1. The van der Waals surface area contributed by atoms with Crippen molar-refractivity contribution in [2.45, 2.75) is 51.7 Å². The fraction of sp³-hybridized carbons (Fsp3) is 0.529. The summed E-state index contributed by atoms with van der Waals surface area (Å²) in [6.45, 7) is 3.51. The van der Waals surface area contributed by atoms with Crippen LogP contribution in [0.5, 0.6) is 0 Å². The van der Waals surface area contributed by atoms with Gasteiger partial charge in [0.2, 0.25) is 0 Å². The first-order chi connectivity index (χ1) is 13.8. The number of aromatic nitrogens is 4. The molecule has 2 aromatic heterocycles. The van der Waals surface area contributed by atoms with Crippen LogP contribution >= 0.6 is 11.6 Å². The number of carbonyl (C=O) groups is 3. The molecule has 12 heteroatoms. The standard InChI is InChI=1S/C17H19ClN4O7/c1-8(23)26-5-12-15(28-10(3)25)11(27-9(2)24)4-13(29-12)22-7-21-14-16(18)19-6-20-17(14)22/h6-7,11-13,15H,4-5H2,1-3H3/t11-,12+,13-,15-/m1/s1. The molecule has 3 rings (SSSR count). The van der Waals surface area contributed by atoms with Gasteiger partial charge in [-0.15, -0.1) is 0 Å². The number of imidazole rings is 1. The number of esters is 3. The summed E-state index contributed by atoms with van der Waals surface area (Å²) < 4.78 is 23.4. The summed E-state index contributed by atoms with van der Waals surface area (Å²) in [5.74, 6) is -1.68. The Balaban J connectivity index is 1.95. The fourth-order valence-corrected chi connectivity index (χ4v) is 3.30. The van der Waals surface area contributed by atoms with Gasteiger partial charge in [0.15, 0.2) is 16.9 Å². The van der Waals surface area contributed by atoms with Crippen molar-refractivity contribution >= 4 is 40.7 Å². The molecule has 1 saturated heterocycles. The first-order valence-electron chi connectivity index (χ1n) is 8.72. The zero-order valence-corrected chi connectivity index (χ0v) is 16.7. The van der Waals surface area contributed by atoms with Crippen molar-refractivity contribution in [1.29, 1.82) is 0 Å². The van der Waals surface area contributed by atoms with Crippen LogP contribution in [0, 0.1) is 0 Å². The largest absolute Gasteiger partial charge is 0.463 e. The van der Waals surface area contributed by atoms with E-state index >= 15 is 0 Å². The highest BCUT2D eigenvalue weighted by atomic mass is 35.5. The molecular weight excluding hydrogens is 408 g/mol. The van der Waals surface area contributed by atoms with Crippen LogP contribution in [0.3, 0.4) is 0 Å². The second-order valence-corrected chi connectivity index (χ2v) is 6.74. The smallest absolute Gasteiger partial charge is 0.303 e. The molecule has 0 aliphatic carbocycles. The quantitative estimate of drug-likeness (QED) is 0.390. The predicted molar refractivity (Wildman–Crippen MR) is 96.6 cm³/mol. The number of fused-ring (bicyclic) bond motifs is 1. The molecule has 0 amide bonds. The van der Waals surface area contributed by atoms with E-state index in [9.17, 15) is 14.4 Å². The van der Waals surface area contributed by atoms with Crippen molar-refractivity contribution in [3.8, 4) is 0 Å². The molecule has 0 N–H and O–H groups in total. The molecular formula is C17H19ClN4O7. The third kappa shape index (κ3) is 4.80. The zero-order chi connectivity index (χ0) is 21.1. The summed E-state index contributed by atoms with van der Waals surface area (Å²) in [6, 6.07) is 0. The number of ether oxygens (including phenoxy) is 4. The van der Waals surface area contributed by atoms with Gasteiger partial charge in [0, 0.05) is 27.2 Å². The first-order valence-corrected chi connectivity index (χ1v) is 9.10. The Morgan fingerprint density at radius 2 is 1.86 bits per heavy atom. The molecule has 3 heterocycles. The van der Waals surface area contributed by atoms with Gasteiger partial charge in [0.1, 0.15) is 36.9 Å². The van der Waals surface area contributed by atoms with E-state index in [1.165, 1.54) is 33.4 Å². The van der Waals surface area contributed by atoms with E-state index in [0.717, 1.165) is 0 Å². The minimum atomic E-state index is -0.958. The summed E-state index contributed by atoms with van der Waals surface area (Å²) in [5.41, 5.74) is 0.786. The molecule has 1 aliphatic rings. The van der Waals surface area contributed by atoms with Crippen LogP contribution < -0.4 is 0 Å².